The monoisotopic (exact) mass is 449 g/mol. The SMILES string of the molecule is CNc1ccc(C(c2ccc(N(C)C)cc2)c2ccc(N(C)Cc3ccc(C)cc3)cc2)cc1. The van der Waals surface area contributed by atoms with Crippen molar-refractivity contribution in [1.82, 2.24) is 0 Å². The average Bonchev–Trinajstić information content (AvgIpc) is 2.87. The van der Waals surface area contributed by atoms with Gasteiger partial charge in [-0.05, 0) is 65.6 Å². The molecule has 0 radical (unpaired) electrons. The first kappa shape index (κ1) is 23.4. The minimum atomic E-state index is 0.179. The van der Waals surface area contributed by atoms with Gasteiger partial charge in [0.05, 0.1) is 0 Å². The molecule has 4 rings (SSSR count). The van der Waals surface area contributed by atoms with Crippen molar-refractivity contribution < 1.29 is 0 Å². The quantitative estimate of drug-likeness (QED) is 0.295. The second-order valence-electron chi connectivity index (χ2n) is 9.22. The molecule has 4 aromatic carbocycles. The predicted octanol–water partition coefficient (Wildman–Crippen LogP) is 6.92. The van der Waals surface area contributed by atoms with Gasteiger partial charge in [-0.2, -0.15) is 0 Å². The standard InChI is InChI=1S/C31H35N3/c1-23-6-8-24(9-7-23)22-34(5)30-20-14-27(15-21-30)31(25-10-16-28(32-2)17-11-25)26-12-18-29(19-13-26)33(3)4/h6-21,31-32H,22H2,1-5H3. The molecule has 34 heavy (non-hydrogen) atoms. The summed E-state index contributed by atoms with van der Waals surface area (Å²) in [5.41, 5.74) is 10.0. The fraction of sp³-hybridized carbons (Fsp3) is 0.226. The van der Waals surface area contributed by atoms with Crippen molar-refractivity contribution in [3.05, 3.63) is 125 Å². The molecule has 0 saturated heterocycles. The fourth-order valence-electron chi connectivity index (χ4n) is 4.36. The van der Waals surface area contributed by atoms with Gasteiger partial charge in [-0.1, -0.05) is 66.2 Å². The third-order valence-electron chi connectivity index (χ3n) is 6.48. The van der Waals surface area contributed by atoms with Crippen molar-refractivity contribution in [3.8, 4) is 0 Å². The summed E-state index contributed by atoms with van der Waals surface area (Å²) in [4.78, 5) is 4.44. The van der Waals surface area contributed by atoms with Gasteiger partial charge in [-0.15, -0.1) is 0 Å². The van der Waals surface area contributed by atoms with Crippen LogP contribution in [0.1, 0.15) is 33.7 Å². The van der Waals surface area contributed by atoms with Crippen molar-refractivity contribution in [2.24, 2.45) is 0 Å². The lowest BCUT2D eigenvalue weighted by Crippen LogP contribution is -2.16. The molecule has 4 aromatic rings. The van der Waals surface area contributed by atoms with Gasteiger partial charge in [0.25, 0.3) is 0 Å². The zero-order valence-electron chi connectivity index (χ0n) is 20.9. The molecule has 0 bridgehead atoms. The highest BCUT2D eigenvalue weighted by molar-refractivity contribution is 5.55. The largest absolute Gasteiger partial charge is 0.388 e. The van der Waals surface area contributed by atoms with Crippen LogP contribution in [-0.2, 0) is 6.54 Å². The molecule has 0 aromatic heterocycles. The fourth-order valence-corrected chi connectivity index (χ4v) is 4.36. The molecule has 1 atom stereocenters. The van der Waals surface area contributed by atoms with Gasteiger partial charge in [0.15, 0.2) is 0 Å². The molecular weight excluding hydrogens is 414 g/mol. The molecule has 0 aliphatic rings. The topological polar surface area (TPSA) is 18.5 Å². The van der Waals surface area contributed by atoms with Crippen LogP contribution in [0.3, 0.4) is 0 Å². The molecule has 0 amide bonds. The summed E-state index contributed by atoms with van der Waals surface area (Å²) in [6, 6.07) is 35.5. The highest BCUT2D eigenvalue weighted by Gasteiger charge is 2.17. The van der Waals surface area contributed by atoms with Crippen LogP contribution in [0, 0.1) is 6.92 Å². The predicted molar refractivity (Wildman–Crippen MR) is 147 cm³/mol. The average molecular weight is 450 g/mol. The maximum absolute atomic E-state index is 3.22. The van der Waals surface area contributed by atoms with Crippen LogP contribution in [-0.4, -0.2) is 28.2 Å². The summed E-state index contributed by atoms with van der Waals surface area (Å²) in [7, 11) is 8.27. The molecule has 0 aliphatic carbocycles. The van der Waals surface area contributed by atoms with Crippen LogP contribution in [0.2, 0.25) is 0 Å². The Morgan fingerprint density at radius 3 is 1.56 bits per heavy atom. The number of benzene rings is 4. The zero-order valence-corrected chi connectivity index (χ0v) is 20.9. The van der Waals surface area contributed by atoms with E-state index < -0.39 is 0 Å². The Hall–Kier alpha value is -3.72. The van der Waals surface area contributed by atoms with Crippen LogP contribution in [0.15, 0.2) is 97.1 Å². The summed E-state index contributed by atoms with van der Waals surface area (Å²) in [6.07, 6.45) is 0. The van der Waals surface area contributed by atoms with Gasteiger partial charge in [-0.3, -0.25) is 0 Å². The maximum Gasteiger partial charge on any atom is 0.0426 e. The number of rotatable bonds is 8. The van der Waals surface area contributed by atoms with Crippen LogP contribution in [0.5, 0.6) is 0 Å². The van der Waals surface area contributed by atoms with Gasteiger partial charge in [-0.25, -0.2) is 0 Å². The summed E-state index contributed by atoms with van der Waals surface area (Å²) >= 11 is 0. The van der Waals surface area contributed by atoms with Crippen molar-refractivity contribution >= 4 is 17.1 Å². The summed E-state index contributed by atoms with van der Waals surface area (Å²) in [6.45, 7) is 3.02. The van der Waals surface area contributed by atoms with Crippen molar-refractivity contribution in [2.45, 2.75) is 19.4 Å². The van der Waals surface area contributed by atoms with E-state index in [4.69, 9.17) is 0 Å². The molecule has 0 aliphatic heterocycles. The number of hydrogen-bond donors (Lipinski definition) is 1. The number of nitrogens with zero attached hydrogens (tertiary/aromatic N) is 2. The zero-order chi connectivity index (χ0) is 24.1. The Balaban J connectivity index is 1.63. The van der Waals surface area contributed by atoms with E-state index in [1.165, 1.54) is 39.2 Å². The van der Waals surface area contributed by atoms with Gasteiger partial charge in [0, 0.05) is 57.7 Å². The first-order valence-electron chi connectivity index (χ1n) is 11.9. The first-order valence-corrected chi connectivity index (χ1v) is 11.9. The number of aryl methyl sites for hydroxylation is 1. The van der Waals surface area contributed by atoms with E-state index in [1.54, 1.807) is 0 Å². The Labute approximate surface area is 204 Å². The molecule has 0 heterocycles. The van der Waals surface area contributed by atoms with Crippen LogP contribution >= 0.6 is 0 Å². The normalized spacial score (nSPS) is 11.7. The van der Waals surface area contributed by atoms with E-state index in [2.05, 4.69) is 140 Å². The third-order valence-corrected chi connectivity index (χ3v) is 6.48. The van der Waals surface area contributed by atoms with E-state index in [0.717, 1.165) is 12.2 Å². The van der Waals surface area contributed by atoms with Gasteiger partial charge in [0.2, 0.25) is 0 Å². The minimum absolute atomic E-state index is 0.179. The van der Waals surface area contributed by atoms with E-state index in [0.29, 0.717) is 0 Å². The molecule has 1 N–H and O–H groups in total. The van der Waals surface area contributed by atoms with Crippen LogP contribution in [0.4, 0.5) is 17.1 Å². The Morgan fingerprint density at radius 2 is 1.09 bits per heavy atom. The molecule has 1 unspecified atom stereocenters. The third kappa shape index (κ3) is 5.43. The summed E-state index contributed by atoms with van der Waals surface area (Å²) in [5, 5.41) is 3.22. The van der Waals surface area contributed by atoms with Gasteiger partial charge >= 0.3 is 0 Å². The molecule has 3 nitrogen and oxygen atoms in total. The number of anilines is 3. The molecule has 0 saturated carbocycles. The number of hydrogen-bond acceptors (Lipinski definition) is 3. The van der Waals surface area contributed by atoms with E-state index in [-0.39, 0.29) is 5.92 Å². The molecule has 0 fully saturated rings. The van der Waals surface area contributed by atoms with Crippen molar-refractivity contribution in [1.29, 1.82) is 0 Å². The Morgan fingerprint density at radius 1 is 0.618 bits per heavy atom. The minimum Gasteiger partial charge on any atom is -0.388 e. The summed E-state index contributed by atoms with van der Waals surface area (Å²) < 4.78 is 0. The molecule has 0 spiro atoms. The van der Waals surface area contributed by atoms with Crippen molar-refractivity contribution in [2.75, 3.05) is 43.3 Å². The first-order chi connectivity index (χ1) is 16.4. The van der Waals surface area contributed by atoms with Gasteiger partial charge in [0.1, 0.15) is 0 Å². The second-order valence-corrected chi connectivity index (χ2v) is 9.22. The highest BCUT2D eigenvalue weighted by Crippen LogP contribution is 2.34. The lowest BCUT2D eigenvalue weighted by molar-refractivity contribution is 0.918. The Kier molecular flexibility index (Phi) is 7.22. The molecule has 174 valence electrons. The highest BCUT2D eigenvalue weighted by atomic mass is 15.1. The van der Waals surface area contributed by atoms with Gasteiger partial charge < -0.3 is 15.1 Å². The number of nitrogens with one attached hydrogen (secondary N) is 1. The van der Waals surface area contributed by atoms with E-state index in [1.807, 2.05) is 7.05 Å². The van der Waals surface area contributed by atoms with E-state index >= 15 is 0 Å². The lowest BCUT2D eigenvalue weighted by Gasteiger charge is -2.23. The van der Waals surface area contributed by atoms with E-state index in [9.17, 15) is 0 Å². The van der Waals surface area contributed by atoms with Crippen LogP contribution in [0.25, 0.3) is 0 Å². The summed E-state index contributed by atoms with van der Waals surface area (Å²) in [5.74, 6) is 0.179. The molecular formula is C31H35N3. The second kappa shape index (κ2) is 10.5. The van der Waals surface area contributed by atoms with Crippen LogP contribution < -0.4 is 15.1 Å². The lowest BCUT2D eigenvalue weighted by atomic mass is 9.85. The maximum atomic E-state index is 3.22. The smallest absolute Gasteiger partial charge is 0.0426 e. The molecule has 3 heteroatoms. The van der Waals surface area contributed by atoms with Crippen molar-refractivity contribution in [3.63, 3.8) is 0 Å². The Bertz CT molecular complexity index is 1180.